The summed E-state index contributed by atoms with van der Waals surface area (Å²) in [5.41, 5.74) is 0.715. The molecule has 2 aromatic carbocycles. The second kappa shape index (κ2) is 19.8. The Bertz CT molecular complexity index is 2590. The number of benzene rings is 2. The van der Waals surface area contributed by atoms with Crippen LogP contribution < -0.4 is 29.4 Å². The highest BCUT2D eigenvalue weighted by atomic mass is 35.5. The van der Waals surface area contributed by atoms with Crippen molar-refractivity contribution in [3.8, 4) is 18.1 Å². The monoisotopic (exact) mass is 930 g/mol. The number of thioether (sulfide) groups is 1. The van der Waals surface area contributed by atoms with E-state index in [2.05, 4.69) is 39.4 Å². The molecule has 0 saturated heterocycles. The van der Waals surface area contributed by atoms with Gasteiger partial charge in [0, 0.05) is 48.5 Å². The van der Waals surface area contributed by atoms with Gasteiger partial charge in [0.1, 0.15) is 28.8 Å². The Balaban J connectivity index is 0.000000187. The van der Waals surface area contributed by atoms with Crippen LogP contribution in [0, 0.1) is 29.4 Å². The molecule has 1 amide bonds. The van der Waals surface area contributed by atoms with Crippen LogP contribution in [-0.2, 0) is 45.0 Å². The lowest BCUT2D eigenvalue weighted by molar-refractivity contribution is -0.136. The van der Waals surface area contributed by atoms with E-state index < -0.39 is 44.0 Å². The fraction of sp³-hybridized carbons (Fsp3) is 0.400. The number of amides is 1. The van der Waals surface area contributed by atoms with E-state index in [1.54, 1.807) is 9.36 Å². The Morgan fingerprint density at radius 1 is 1.07 bits per heavy atom. The highest BCUT2D eigenvalue weighted by molar-refractivity contribution is 8.00. The lowest BCUT2D eigenvalue weighted by atomic mass is 9.92. The lowest BCUT2D eigenvalue weighted by Gasteiger charge is -2.28. The molecule has 0 spiro atoms. The summed E-state index contributed by atoms with van der Waals surface area (Å²) in [6.07, 6.45) is 7.49. The van der Waals surface area contributed by atoms with Crippen molar-refractivity contribution < 1.29 is 52.5 Å². The van der Waals surface area contributed by atoms with Gasteiger partial charge in [-0.25, -0.2) is 23.4 Å². The van der Waals surface area contributed by atoms with Gasteiger partial charge < -0.3 is 29.3 Å². The molecule has 0 fully saturated rings. The highest BCUT2D eigenvalue weighted by Crippen LogP contribution is 2.38. The largest absolute Gasteiger partial charge is 0.481 e. The quantitative estimate of drug-likeness (QED) is 0.0866. The number of carboxylic acids is 2. The molecule has 3 aliphatic rings. The molecule has 0 radical (unpaired) electrons. The summed E-state index contributed by atoms with van der Waals surface area (Å²) in [4.78, 5) is 72.4. The van der Waals surface area contributed by atoms with Crippen molar-refractivity contribution in [1.82, 2.24) is 23.6 Å². The number of ether oxygens (including phenoxy) is 1. The van der Waals surface area contributed by atoms with Crippen molar-refractivity contribution in [1.29, 1.82) is 0 Å². The maximum atomic E-state index is 14.5. The Labute approximate surface area is 357 Å². The number of nitrogens with zero attached hydrogens (tertiary/aromatic N) is 7. The molecule has 7 rings (SSSR count). The van der Waals surface area contributed by atoms with Crippen molar-refractivity contribution in [2.45, 2.75) is 57.6 Å². The Morgan fingerprint density at radius 3 is 2.40 bits per heavy atom. The number of carbonyl (C=O) groups excluding carboxylic acids is 1. The molecule has 18 nitrogen and oxygen atoms in total. The average Bonchev–Trinajstić information content (AvgIpc) is 3.79. The minimum Gasteiger partial charge on any atom is -0.481 e. The number of carbonyl (C=O) groups is 3. The van der Waals surface area contributed by atoms with E-state index >= 15 is 0 Å². The van der Waals surface area contributed by atoms with Crippen LogP contribution in [0.1, 0.15) is 32.5 Å². The minimum absolute atomic E-state index is 0.0370. The molecule has 60 heavy (non-hydrogen) atoms. The zero-order valence-corrected chi connectivity index (χ0v) is 35.9. The van der Waals surface area contributed by atoms with Crippen molar-refractivity contribution in [2.24, 2.45) is 15.4 Å². The zero-order valence-electron chi connectivity index (χ0n) is 31.8. The first-order chi connectivity index (χ1) is 28.2. The molecule has 0 saturated carbocycles. The second-order valence-electron chi connectivity index (χ2n) is 13.9. The van der Waals surface area contributed by atoms with Crippen molar-refractivity contribution in [2.75, 3.05) is 36.6 Å². The van der Waals surface area contributed by atoms with E-state index in [4.69, 9.17) is 42.8 Å². The zero-order chi connectivity index (χ0) is 43.9. The lowest BCUT2D eigenvalue weighted by Crippen LogP contribution is -2.39. The fourth-order valence-corrected chi connectivity index (χ4v) is 8.97. The summed E-state index contributed by atoms with van der Waals surface area (Å²) >= 11 is 9.16. The summed E-state index contributed by atoms with van der Waals surface area (Å²) in [5.74, 6) is -0.0155. The number of halogens is 3. The first kappa shape index (κ1) is 46.4. The van der Waals surface area contributed by atoms with E-state index in [1.165, 1.54) is 34.6 Å². The number of hydrogen-bond donors (Lipinski definition) is 5. The SMILES string of the molecule is C#CCN1C(=O)COc2cc(F)c(/N=c3\snc4n3CC(C)(C)C4)cc21.O=C(O)CNCP(=O)(O)O.O=C(O)CSc1cc(N=c2sc(=O)n3n2CCCC3)c(F)cc1Cl. The van der Waals surface area contributed by atoms with Gasteiger partial charge in [0.05, 0.1) is 35.8 Å². The van der Waals surface area contributed by atoms with E-state index in [-0.39, 0.29) is 51.5 Å². The van der Waals surface area contributed by atoms with Crippen LogP contribution in [0.25, 0.3) is 0 Å². The van der Waals surface area contributed by atoms with Crippen LogP contribution in [0.2, 0.25) is 5.02 Å². The molecule has 0 atom stereocenters. The number of carboxylic acid groups (broad SMARTS) is 2. The van der Waals surface area contributed by atoms with Gasteiger partial charge in [-0.15, -0.1) is 18.2 Å². The summed E-state index contributed by atoms with van der Waals surface area (Å²) in [6.45, 7) is 5.91. The smallest absolute Gasteiger partial charge is 0.339 e. The number of aromatic nitrogens is 4. The van der Waals surface area contributed by atoms with Gasteiger partial charge in [0.2, 0.25) is 9.60 Å². The molecular weight excluding hydrogens is 893 g/mol. The van der Waals surface area contributed by atoms with Crippen molar-refractivity contribution in [3.63, 3.8) is 0 Å². The van der Waals surface area contributed by atoms with Gasteiger partial charge in [0.25, 0.3) is 5.91 Å². The number of aliphatic carboxylic acids is 2. The predicted molar refractivity (Wildman–Crippen MR) is 219 cm³/mol. The third-order valence-corrected chi connectivity index (χ3v) is 12.2. The van der Waals surface area contributed by atoms with E-state index in [0.717, 1.165) is 60.8 Å². The normalized spacial score (nSPS) is 15.7. The Kier molecular flexibility index (Phi) is 15.3. The van der Waals surface area contributed by atoms with Crippen LogP contribution >= 0.6 is 53.8 Å². The Hall–Kier alpha value is -4.66. The molecule has 0 aliphatic carbocycles. The van der Waals surface area contributed by atoms with Crippen molar-refractivity contribution >= 4 is 88.7 Å². The van der Waals surface area contributed by atoms with Crippen LogP contribution in [0.3, 0.4) is 0 Å². The fourth-order valence-electron chi connectivity index (χ4n) is 5.93. The van der Waals surface area contributed by atoms with Crippen LogP contribution in [0.4, 0.5) is 25.8 Å². The van der Waals surface area contributed by atoms with Gasteiger partial charge in [-0.3, -0.25) is 38.6 Å². The summed E-state index contributed by atoms with van der Waals surface area (Å²) in [6, 6.07) is 5.28. The van der Waals surface area contributed by atoms with Gasteiger partial charge in [-0.1, -0.05) is 31.4 Å². The molecule has 4 aromatic rings. The molecule has 3 aliphatic heterocycles. The molecule has 0 unspecified atom stereocenters. The maximum Gasteiger partial charge on any atom is 0.339 e. The number of terminal acetylenes is 1. The topological polar surface area (TPSA) is 243 Å². The summed E-state index contributed by atoms with van der Waals surface area (Å²) in [5, 5.41) is 19.0. The number of fused-ring (bicyclic) bond motifs is 3. The second-order valence-corrected chi connectivity index (χ2v) is 18.7. The van der Waals surface area contributed by atoms with Crippen LogP contribution in [0.5, 0.6) is 5.75 Å². The molecular formula is C35H38ClF2N8O10PS3. The van der Waals surface area contributed by atoms with Crippen molar-refractivity contribution in [3.05, 3.63) is 66.0 Å². The number of anilines is 1. The Morgan fingerprint density at radius 2 is 1.73 bits per heavy atom. The standard InChI is InChI=1S/C18H17FN4O2S.C14H13ClFN3O3S2.C3H8NO5P/c1-4-5-22-13-7-12(11(19)6-14(13)25-9-16(22)24)20-17-23-10-18(2,3)8-15(23)21-26-17;15-8-5-9(16)10(6-11(8)23-7-12(20)21)17-13-18-3-1-2-4-19(18)14(22)24-13;5-3(6)1-4-2-10(7,8)9/h1,6-7H,5,8-10H2,2-3H3;5-6H,1-4,7H2,(H,20,21);4H,1-2H2,(H,5,6)(H2,7,8,9)/b20-17-;;. The molecule has 25 heteroatoms. The molecule has 5 heterocycles. The average molecular weight is 931 g/mol. The van der Waals surface area contributed by atoms with E-state index in [9.17, 15) is 32.5 Å². The summed E-state index contributed by atoms with van der Waals surface area (Å²) in [7, 11) is -4.10. The molecule has 0 bridgehead atoms. The van der Waals surface area contributed by atoms with Gasteiger partial charge in [0.15, 0.2) is 12.4 Å². The van der Waals surface area contributed by atoms with Crippen LogP contribution in [0.15, 0.2) is 43.9 Å². The number of hydrogen-bond acceptors (Lipinski definition) is 13. The first-order valence-corrected chi connectivity index (χ1v) is 22.5. The predicted octanol–water partition coefficient (Wildman–Crippen LogP) is 3.76. The van der Waals surface area contributed by atoms with Gasteiger partial charge in [-0.2, -0.15) is 4.37 Å². The molecule has 5 N–H and O–H groups in total. The van der Waals surface area contributed by atoms with Gasteiger partial charge >= 0.3 is 24.4 Å². The van der Waals surface area contributed by atoms with Gasteiger partial charge in [-0.05, 0) is 47.8 Å². The maximum absolute atomic E-state index is 14.5. The third kappa shape index (κ3) is 12.2. The number of nitrogens with one attached hydrogen (secondary N) is 1. The summed E-state index contributed by atoms with van der Waals surface area (Å²) < 4.78 is 53.9. The van der Waals surface area contributed by atoms with E-state index in [0.29, 0.717) is 39.0 Å². The molecule has 322 valence electrons. The van der Waals surface area contributed by atoms with E-state index in [1.807, 2.05) is 4.57 Å². The molecule has 2 aromatic heterocycles. The van der Waals surface area contributed by atoms with Crippen LogP contribution in [-0.4, -0.2) is 87.9 Å². The highest BCUT2D eigenvalue weighted by Gasteiger charge is 2.31. The first-order valence-electron chi connectivity index (χ1n) is 17.7. The number of rotatable bonds is 10. The minimum atomic E-state index is -4.10. The third-order valence-electron chi connectivity index (χ3n) is 8.49.